The van der Waals surface area contributed by atoms with Gasteiger partial charge in [0.1, 0.15) is 16.9 Å². The van der Waals surface area contributed by atoms with Crippen LogP contribution in [0.15, 0.2) is 12.1 Å². The number of amides is 1. The summed E-state index contributed by atoms with van der Waals surface area (Å²) in [4.78, 5) is 18.3. The minimum Gasteiger partial charge on any atom is -0.486 e. The van der Waals surface area contributed by atoms with Gasteiger partial charge in [-0.25, -0.2) is 9.78 Å². The average Bonchev–Trinajstić information content (AvgIpc) is 3.24. The SMILES string of the molecule is CC(C)(C)C1C(n2c(N)nc3ccc(O[C@@H]4CCOC4)c(Cl)c32)CCCCN1C(=O)O. The van der Waals surface area contributed by atoms with Crippen molar-refractivity contribution in [2.45, 2.75) is 64.6 Å². The van der Waals surface area contributed by atoms with E-state index in [0.29, 0.717) is 47.5 Å². The Morgan fingerprint density at radius 3 is 2.74 bits per heavy atom. The average molecular weight is 451 g/mol. The smallest absolute Gasteiger partial charge is 0.407 e. The quantitative estimate of drug-likeness (QED) is 0.710. The minimum atomic E-state index is -0.911. The predicted octanol–water partition coefficient (Wildman–Crippen LogP) is 4.56. The summed E-state index contributed by atoms with van der Waals surface area (Å²) in [5, 5.41) is 10.4. The van der Waals surface area contributed by atoms with E-state index in [4.69, 9.17) is 26.8 Å². The van der Waals surface area contributed by atoms with Crippen molar-refractivity contribution in [3.8, 4) is 5.75 Å². The van der Waals surface area contributed by atoms with Crippen molar-refractivity contribution in [3.05, 3.63) is 17.2 Å². The van der Waals surface area contributed by atoms with Crippen LogP contribution in [0, 0.1) is 5.41 Å². The molecular formula is C22H31ClN4O4. The number of carboxylic acid groups (broad SMARTS) is 1. The van der Waals surface area contributed by atoms with Gasteiger partial charge in [-0.2, -0.15) is 0 Å². The van der Waals surface area contributed by atoms with Gasteiger partial charge in [0.25, 0.3) is 0 Å². The van der Waals surface area contributed by atoms with Crippen molar-refractivity contribution in [1.29, 1.82) is 0 Å². The molecule has 0 bridgehead atoms. The van der Waals surface area contributed by atoms with Crippen LogP contribution in [0.1, 0.15) is 52.5 Å². The summed E-state index contributed by atoms with van der Waals surface area (Å²) < 4.78 is 13.5. The van der Waals surface area contributed by atoms with E-state index in [1.54, 1.807) is 4.90 Å². The van der Waals surface area contributed by atoms with Crippen molar-refractivity contribution in [3.63, 3.8) is 0 Å². The number of imidazole rings is 1. The molecule has 0 spiro atoms. The zero-order valence-electron chi connectivity index (χ0n) is 18.3. The zero-order valence-corrected chi connectivity index (χ0v) is 19.1. The third-order valence-corrected chi connectivity index (χ3v) is 6.64. The normalized spacial score (nSPS) is 25.0. The Kier molecular flexibility index (Phi) is 5.96. The van der Waals surface area contributed by atoms with Gasteiger partial charge >= 0.3 is 6.09 Å². The lowest BCUT2D eigenvalue weighted by molar-refractivity contribution is 0.0610. The summed E-state index contributed by atoms with van der Waals surface area (Å²) in [5.74, 6) is 0.909. The van der Waals surface area contributed by atoms with Crippen LogP contribution in [0.5, 0.6) is 5.75 Å². The number of halogens is 1. The first-order valence-corrected chi connectivity index (χ1v) is 11.3. The van der Waals surface area contributed by atoms with E-state index in [2.05, 4.69) is 25.8 Å². The Bertz CT molecular complexity index is 965. The molecule has 3 atom stereocenters. The lowest BCUT2D eigenvalue weighted by atomic mass is 9.80. The van der Waals surface area contributed by atoms with Crippen LogP contribution < -0.4 is 10.5 Å². The van der Waals surface area contributed by atoms with Gasteiger partial charge in [-0.15, -0.1) is 0 Å². The highest BCUT2D eigenvalue weighted by molar-refractivity contribution is 6.36. The number of likely N-dealkylation sites (tertiary alicyclic amines) is 1. The number of nitrogens with zero attached hydrogens (tertiary/aromatic N) is 3. The van der Waals surface area contributed by atoms with Gasteiger partial charge in [-0.3, -0.25) is 0 Å². The van der Waals surface area contributed by atoms with Crippen LogP contribution in [0.2, 0.25) is 5.02 Å². The standard InChI is InChI=1S/C22H31ClN4O4/c1-22(2,3)19-15(6-4-5-10-26(19)21(28)29)27-18-14(25-20(27)24)7-8-16(17(18)23)31-13-9-11-30-12-13/h7-8,13,15,19H,4-6,9-12H2,1-3H3,(H2,24,25)(H,28,29)/t13-,15?,19?/m1/s1. The Morgan fingerprint density at radius 1 is 1.32 bits per heavy atom. The van der Waals surface area contributed by atoms with Gasteiger partial charge < -0.3 is 29.8 Å². The summed E-state index contributed by atoms with van der Waals surface area (Å²) >= 11 is 6.85. The summed E-state index contributed by atoms with van der Waals surface area (Å²) in [6.07, 6.45) is 2.37. The van der Waals surface area contributed by atoms with E-state index in [1.165, 1.54) is 0 Å². The van der Waals surface area contributed by atoms with Crippen LogP contribution >= 0.6 is 11.6 Å². The number of anilines is 1. The lowest BCUT2D eigenvalue weighted by Gasteiger charge is -2.42. The van der Waals surface area contributed by atoms with Crippen molar-refractivity contribution < 1.29 is 19.4 Å². The molecule has 2 aliphatic heterocycles. The first-order chi connectivity index (χ1) is 14.7. The molecule has 2 aromatic rings. The Hall–Kier alpha value is -2.19. The van der Waals surface area contributed by atoms with E-state index in [1.807, 2.05) is 16.7 Å². The third-order valence-electron chi connectivity index (χ3n) is 6.28. The summed E-state index contributed by atoms with van der Waals surface area (Å²) in [6, 6.07) is 3.21. The summed E-state index contributed by atoms with van der Waals surface area (Å²) in [5.41, 5.74) is 7.48. The van der Waals surface area contributed by atoms with E-state index >= 15 is 0 Å². The number of hydrogen-bond donors (Lipinski definition) is 2. The van der Waals surface area contributed by atoms with Crippen LogP contribution in [-0.2, 0) is 4.74 Å². The molecule has 31 heavy (non-hydrogen) atoms. The minimum absolute atomic E-state index is 0.0358. The number of ether oxygens (including phenoxy) is 2. The number of fused-ring (bicyclic) bond motifs is 1. The van der Waals surface area contributed by atoms with E-state index in [0.717, 1.165) is 25.7 Å². The van der Waals surface area contributed by atoms with Crippen molar-refractivity contribution >= 4 is 34.7 Å². The maximum Gasteiger partial charge on any atom is 0.407 e. The molecule has 9 heteroatoms. The predicted molar refractivity (Wildman–Crippen MR) is 120 cm³/mol. The molecule has 170 valence electrons. The Morgan fingerprint density at radius 2 is 2.10 bits per heavy atom. The fourth-order valence-corrected chi connectivity index (χ4v) is 5.32. The molecule has 1 aromatic heterocycles. The number of benzene rings is 1. The van der Waals surface area contributed by atoms with E-state index in [9.17, 15) is 9.90 Å². The number of nitrogens with two attached hydrogens (primary N) is 1. The molecule has 4 rings (SSSR count). The van der Waals surface area contributed by atoms with Crippen molar-refractivity contribution in [1.82, 2.24) is 14.5 Å². The topological polar surface area (TPSA) is 103 Å². The third kappa shape index (κ3) is 4.15. The molecule has 2 fully saturated rings. The van der Waals surface area contributed by atoms with Gasteiger partial charge in [0.05, 0.1) is 36.3 Å². The lowest BCUT2D eigenvalue weighted by Crippen LogP contribution is -2.51. The van der Waals surface area contributed by atoms with Gasteiger partial charge in [0.2, 0.25) is 5.95 Å². The molecule has 2 aliphatic rings. The second-order valence-electron chi connectivity index (χ2n) is 9.54. The molecular weight excluding hydrogens is 420 g/mol. The second-order valence-corrected chi connectivity index (χ2v) is 9.92. The first kappa shape index (κ1) is 22.0. The number of carbonyl (C=O) groups is 1. The molecule has 1 amide bonds. The molecule has 0 radical (unpaired) electrons. The fourth-order valence-electron chi connectivity index (χ4n) is 5.03. The molecule has 3 heterocycles. The maximum atomic E-state index is 12.2. The number of rotatable bonds is 3. The zero-order chi connectivity index (χ0) is 22.3. The largest absolute Gasteiger partial charge is 0.486 e. The highest BCUT2D eigenvalue weighted by Gasteiger charge is 2.42. The van der Waals surface area contributed by atoms with Crippen LogP contribution in [-0.4, -0.2) is 57.6 Å². The van der Waals surface area contributed by atoms with Gasteiger partial charge in [0.15, 0.2) is 0 Å². The van der Waals surface area contributed by atoms with Crippen LogP contribution in [0.25, 0.3) is 11.0 Å². The summed E-state index contributed by atoms with van der Waals surface area (Å²) in [6.45, 7) is 7.92. The monoisotopic (exact) mass is 450 g/mol. The van der Waals surface area contributed by atoms with Crippen LogP contribution in [0.4, 0.5) is 10.7 Å². The maximum absolute atomic E-state index is 12.2. The summed E-state index contributed by atoms with van der Waals surface area (Å²) in [7, 11) is 0. The fraction of sp³-hybridized carbons (Fsp3) is 0.636. The van der Waals surface area contributed by atoms with Gasteiger partial charge in [0, 0.05) is 13.0 Å². The van der Waals surface area contributed by atoms with E-state index < -0.39 is 6.09 Å². The Labute approximate surface area is 187 Å². The molecule has 0 saturated carbocycles. The molecule has 1 aromatic carbocycles. The molecule has 2 unspecified atom stereocenters. The first-order valence-electron chi connectivity index (χ1n) is 10.9. The highest BCUT2D eigenvalue weighted by atomic mass is 35.5. The van der Waals surface area contributed by atoms with E-state index in [-0.39, 0.29) is 23.6 Å². The molecule has 3 N–H and O–H groups in total. The van der Waals surface area contributed by atoms with Crippen molar-refractivity contribution in [2.75, 3.05) is 25.5 Å². The number of hydrogen-bond acceptors (Lipinski definition) is 5. The Balaban J connectivity index is 1.84. The molecule has 0 aliphatic carbocycles. The number of aromatic nitrogens is 2. The molecule has 8 nitrogen and oxygen atoms in total. The van der Waals surface area contributed by atoms with Gasteiger partial charge in [-0.05, 0) is 36.8 Å². The van der Waals surface area contributed by atoms with Crippen LogP contribution in [0.3, 0.4) is 0 Å². The number of nitrogen functional groups attached to an aromatic ring is 1. The second kappa shape index (κ2) is 8.39. The highest BCUT2D eigenvalue weighted by Crippen LogP contribution is 2.43. The molecule has 2 saturated heterocycles. The van der Waals surface area contributed by atoms with Gasteiger partial charge in [-0.1, -0.05) is 32.4 Å². The van der Waals surface area contributed by atoms with Crippen molar-refractivity contribution in [2.24, 2.45) is 5.41 Å².